The van der Waals surface area contributed by atoms with E-state index in [2.05, 4.69) is 5.10 Å². The highest BCUT2D eigenvalue weighted by atomic mass is 16.1. The number of para-hydroxylation sites is 1. The van der Waals surface area contributed by atoms with Gasteiger partial charge < -0.3 is 5.73 Å². The first-order valence-electron chi connectivity index (χ1n) is 5.64. The van der Waals surface area contributed by atoms with E-state index in [0.29, 0.717) is 0 Å². The Morgan fingerprint density at radius 1 is 1.35 bits per heavy atom. The summed E-state index contributed by atoms with van der Waals surface area (Å²) in [6.45, 7) is 5.91. The molecular formula is C13H17N3O. The van der Waals surface area contributed by atoms with E-state index in [1.54, 1.807) is 5.01 Å². The van der Waals surface area contributed by atoms with E-state index in [-0.39, 0.29) is 11.3 Å². The molecule has 4 nitrogen and oxygen atoms in total. The highest BCUT2D eigenvalue weighted by Gasteiger charge is 2.46. The van der Waals surface area contributed by atoms with Crippen LogP contribution < -0.4 is 10.7 Å². The van der Waals surface area contributed by atoms with Gasteiger partial charge in [-0.3, -0.25) is 9.80 Å². The van der Waals surface area contributed by atoms with Crippen molar-refractivity contribution in [2.45, 2.75) is 26.8 Å². The van der Waals surface area contributed by atoms with Gasteiger partial charge in [0.1, 0.15) is 6.04 Å². The second-order valence-corrected chi connectivity index (χ2v) is 4.89. The summed E-state index contributed by atoms with van der Waals surface area (Å²) in [7, 11) is 0. The van der Waals surface area contributed by atoms with Crippen LogP contribution in [-0.4, -0.2) is 17.7 Å². The number of nitrogens with zero attached hydrogens (tertiary/aromatic N) is 2. The lowest BCUT2D eigenvalue weighted by molar-refractivity contribution is -0.120. The van der Waals surface area contributed by atoms with Gasteiger partial charge in [0.2, 0.25) is 5.91 Å². The van der Waals surface area contributed by atoms with Crippen molar-refractivity contribution in [1.29, 1.82) is 0 Å². The molecule has 0 fully saturated rings. The number of rotatable bonds is 2. The third-order valence-corrected chi connectivity index (χ3v) is 3.41. The SMILES string of the molecule is CC1=NN(c2ccccc2)C(C(N)=O)C1(C)C. The van der Waals surface area contributed by atoms with E-state index in [1.807, 2.05) is 51.1 Å². The topological polar surface area (TPSA) is 58.7 Å². The molecule has 2 N–H and O–H groups in total. The van der Waals surface area contributed by atoms with Crippen molar-refractivity contribution in [3.05, 3.63) is 30.3 Å². The number of anilines is 1. The average Bonchev–Trinajstić information content (AvgIpc) is 2.51. The van der Waals surface area contributed by atoms with Crippen LogP contribution >= 0.6 is 0 Å². The van der Waals surface area contributed by atoms with Crippen molar-refractivity contribution in [3.63, 3.8) is 0 Å². The molecule has 0 radical (unpaired) electrons. The van der Waals surface area contributed by atoms with Crippen molar-refractivity contribution < 1.29 is 4.79 Å². The summed E-state index contributed by atoms with van der Waals surface area (Å²) in [4.78, 5) is 11.7. The summed E-state index contributed by atoms with van der Waals surface area (Å²) in [6.07, 6.45) is 0. The van der Waals surface area contributed by atoms with E-state index in [9.17, 15) is 4.79 Å². The molecule has 1 aromatic carbocycles. The van der Waals surface area contributed by atoms with E-state index >= 15 is 0 Å². The molecule has 0 saturated carbocycles. The number of hydrogen-bond donors (Lipinski definition) is 1. The minimum Gasteiger partial charge on any atom is -0.368 e. The van der Waals surface area contributed by atoms with Gasteiger partial charge in [0.25, 0.3) is 0 Å². The smallest absolute Gasteiger partial charge is 0.243 e. The van der Waals surface area contributed by atoms with Gasteiger partial charge in [-0.2, -0.15) is 5.10 Å². The van der Waals surface area contributed by atoms with Crippen LogP contribution in [-0.2, 0) is 4.79 Å². The first kappa shape index (κ1) is 11.6. The third kappa shape index (κ3) is 1.79. The molecule has 0 spiro atoms. The Labute approximate surface area is 101 Å². The van der Waals surface area contributed by atoms with Gasteiger partial charge in [-0.05, 0) is 19.1 Å². The van der Waals surface area contributed by atoms with Crippen LogP contribution in [0.4, 0.5) is 5.69 Å². The summed E-state index contributed by atoms with van der Waals surface area (Å²) in [5, 5.41) is 6.18. The Hall–Kier alpha value is -1.84. The summed E-state index contributed by atoms with van der Waals surface area (Å²) in [6, 6.07) is 9.19. The molecule has 1 aromatic rings. The van der Waals surface area contributed by atoms with Crippen LogP contribution in [0, 0.1) is 5.41 Å². The number of carbonyl (C=O) groups is 1. The van der Waals surface area contributed by atoms with Crippen LogP contribution in [0.5, 0.6) is 0 Å². The van der Waals surface area contributed by atoms with Crippen LogP contribution in [0.3, 0.4) is 0 Å². The molecule has 0 bridgehead atoms. The predicted molar refractivity (Wildman–Crippen MR) is 68.8 cm³/mol. The van der Waals surface area contributed by atoms with E-state index in [4.69, 9.17) is 5.73 Å². The zero-order chi connectivity index (χ0) is 12.6. The average molecular weight is 231 g/mol. The fourth-order valence-corrected chi connectivity index (χ4v) is 2.12. The highest BCUT2D eigenvalue weighted by molar-refractivity contribution is 6.00. The van der Waals surface area contributed by atoms with Gasteiger partial charge >= 0.3 is 0 Å². The number of amides is 1. The second-order valence-electron chi connectivity index (χ2n) is 4.89. The molecule has 0 saturated heterocycles. The van der Waals surface area contributed by atoms with Crippen molar-refractivity contribution in [2.75, 3.05) is 5.01 Å². The predicted octanol–water partition coefficient (Wildman–Crippen LogP) is 1.76. The molecule has 2 rings (SSSR count). The van der Waals surface area contributed by atoms with E-state index in [0.717, 1.165) is 11.4 Å². The van der Waals surface area contributed by atoms with Gasteiger partial charge in [0, 0.05) is 11.1 Å². The standard InChI is InChI=1S/C13H17N3O/c1-9-13(2,3)11(12(14)17)16(15-9)10-7-5-4-6-8-10/h4-8,11H,1-3H3,(H2,14,17). The summed E-state index contributed by atoms with van der Waals surface area (Å²) in [5.74, 6) is -0.348. The number of benzene rings is 1. The molecule has 1 heterocycles. The van der Waals surface area contributed by atoms with Crippen LogP contribution in [0.2, 0.25) is 0 Å². The molecule has 1 amide bonds. The lowest BCUT2D eigenvalue weighted by Gasteiger charge is -2.30. The van der Waals surface area contributed by atoms with E-state index < -0.39 is 6.04 Å². The fraction of sp³-hybridized carbons (Fsp3) is 0.385. The van der Waals surface area contributed by atoms with Crippen molar-refractivity contribution in [3.8, 4) is 0 Å². The maximum absolute atomic E-state index is 11.7. The first-order chi connectivity index (χ1) is 7.94. The van der Waals surface area contributed by atoms with Crippen LogP contribution in [0.1, 0.15) is 20.8 Å². The summed E-state index contributed by atoms with van der Waals surface area (Å²) >= 11 is 0. The third-order valence-electron chi connectivity index (χ3n) is 3.41. The fourth-order valence-electron chi connectivity index (χ4n) is 2.12. The lowest BCUT2D eigenvalue weighted by atomic mass is 9.81. The maximum Gasteiger partial charge on any atom is 0.243 e. The van der Waals surface area contributed by atoms with Gasteiger partial charge in [0.15, 0.2) is 0 Å². The second kappa shape index (κ2) is 3.87. The zero-order valence-electron chi connectivity index (χ0n) is 10.3. The van der Waals surface area contributed by atoms with Gasteiger partial charge in [-0.25, -0.2) is 0 Å². The lowest BCUT2D eigenvalue weighted by Crippen LogP contribution is -2.48. The Bertz CT molecular complexity index is 465. The highest BCUT2D eigenvalue weighted by Crippen LogP contribution is 2.36. The van der Waals surface area contributed by atoms with Crippen molar-refractivity contribution in [2.24, 2.45) is 16.3 Å². The van der Waals surface area contributed by atoms with Crippen LogP contribution in [0.15, 0.2) is 35.4 Å². The Morgan fingerprint density at radius 2 is 1.94 bits per heavy atom. The minimum absolute atomic E-state index is 0.332. The van der Waals surface area contributed by atoms with Crippen molar-refractivity contribution in [1.82, 2.24) is 0 Å². The molecule has 17 heavy (non-hydrogen) atoms. The number of hydrazone groups is 1. The molecule has 1 aliphatic heterocycles. The molecule has 0 aliphatic carbocycles. The quantitative estimate of drug-likeness (QED) is 0.843. The number of hydrogen-bond acceptors (Lipinski definition) is 3. The summed E-state index contributed by atoms with van der Waals surface area (Å²) < 4.78 is 0. The Balaban J connectivity index is 2.45. The van der Waals surface area contributed by atoms with Crippen LogP contribution in [0.25, 0.3) is 0 Å². The Kier molecular flexibility index (Phi) is 2.65. The number of carbonyl (C=O) groups excluding carboxylic acids is 1. The molecule has 4 heteroatoms. The minimum atomic E-state index is -0.426. The van der Waals surface area contributed by atoms with Gasteiger partial charge in [0.05, 0.1) is 5.69 Å². The molecule has 1 aliphatic rings. The number of primary amides is 1. The largest absolute Gasteiger partial charge is 0.368 e. The summed E-state index contributed by atoms with van der Waals surface area (Å²) in [5.41, 5.74) is 6.99. The van der Waals surface area contributed by atoms with Gasteiger partial charge in [-0.15, -0.1) is 0 Å². The zero-order valence-corrected chi connectivity index (χ0v) is 10.3. The maximum atomic E-state index is 11.7. The normalized spacial score (nSPS) is 22.4. The first-order valence-corrected chi connectivity index (χ1v) is 5.64. The monoisotopic (exact) mass is 231 g/mol. The van der Waals surface area contributed by atoms with Gasteiger partial charge in [-0.1, -0.05) is 32.0 Å². The Morgan fingerprint density at radius 3 is 2.47 bits per heavy atom. The van der Waals surface area contributed by atoms with Crippen molar-refractivity contribution >= 4 is 17.3 Å². The number of nitrogens with two attached hydrogens (primary N) is 1. The molecule has 90 valence electrons. The molecule has 1 unspecified atom stereocenters. The molecular weight excluding hydrogens is 214 g/mol. The molecule has 1 atom stereocenters. The molecule has 0 aromatic heterocycles. The van der Waals surface area contributed by atoms with E-state index in [1.165, 1.54) is 0 Å².